The van der Waals surface area contributed by atoms with Gasteiger partial charge in [-0.15, -0.1) is 0 Å². The minimum absolute atomic E-state index is 0.0820. The summed E-state index contributed by atoms with van der Waals surface area (Å²) < 4.78 is 29.3. The van der Waals surface area contributed by atoms with Crippen molar-refractivity contribution in [3.05, 3.63) is 0 Å². The van der Waals surface area contributed by atoms with Crippen molar-refractivity contribution >= 4 is 15.9 Å². The number of nitrogens with one attached hydrogen (secondary N) is 1. The third-order valence-corrected chi connectivity index (χ3v) is 4.46. The van der Waals surface area contributed by atoms with E-state index in [0.717, 1.165) is 12.8 Å². The van der Waals surface area contributed by atoms with E-state index in [9.17, 15) is 13.2 Å². The Morgan fingerprint density at radius 2 is 2.18 bits per heavy atom. The summed E-state index contributed by atoms with van der Waals surface area (Å²) in [4.78, 5) is 11.8. The van der Waals surface area contributed by atoms with E-state index in [-0.39, 0.29) is 18.1 Å². The summed E-state index contributed by atoms with van der Waals surface area (Å²) in [6.07, 6.45) is 3.19. The van der Waals surface area contributed by atoms with Gasteiger partial charge in [0.1, 0.15) is 6.10 Å². The molecular weight excluding hydrogens is 244 g/mol. The molecule has 2 saturated heterocycles. The summed E-state index contributed by atoms with van der Waals surface area (Å²) >= 11 is 0. The number of nitrogens with zero attached hydrogens (tertiary/aromatic N) is 1. The van der Waals surface area contributed by atoms with Gasteiger partial charge in [0.25, 0.3) is 0 Å². The molecule has 7 heteroatoms. The second kappa shape index (κ2) is 4.91. The van der Waals surface area contributed by atoms with Gasteiger partial charge in [0.05, 0.1) is 6.26 Å². The molecule has 0 aromatic heterocycles. The minimum Gasteiger partial charge on any atom is -0.368 e. The van der Waals surface area contributed by atoms with Crippen molar-refractivity contribution in [1.29, 1.82) is 0 Å². The van der Waals surface area contributed by atoms with Crippen LogP contribution in [0.15, 0.2) is 0 Å². The highest BCUT2D eigenvalue weighted by Gasteiger charge is 2.32. The van der Waals surface area contributed by atoms with Crippen LogP contribution in [-0.2, 0) is 19.6 Å². The molecule has 0 bridgehead atoms. The normalized spacial score (nSPS) is 30.6. The van der Waals surface area contributed by atoms with Gasteiger partial charge in [-0.1, -0.05) is 0 Å². The van der Waals surface area contributed by atoms with E-state index in [1.165, 1.54) is 10.6 Å². The predicted molar refractivity (Wildman–Crippen MR) is 61.9 cm³/mol. The van der Waals surface area contributed by atoms with Crippen LogP contribution in [0.4, 0.5) is 0 Å². The molecule has 2 aliphatic rings. The van der Waals surface area contributed by atoms with Crippen molar-refractivity contribution < 1.29 is 17.9 Å². The third-order valence-electron chi connectivity index (χ3n) is 3.19. The highest BCUT2D eigenvalue weighted by Crippen LogP contribution is 2.15. The van der Waals surface area contributed by atoms with E-state index in [4.69, 9.17) is 4.74 Å². The molecule has 0 saturated carbocycles. The number of ether oxygens (including phenoxy) is 1. The molecule has 6 nitrogen and oxygen atoms in total. The topological polar surface area (TPSA) is 75.7 Å². The molecule has 0 aliphatic carbocycles. The van der Waals surface area contributed by atoms with Gasteiger partial charge in [-0.25, -0.2) is 12.7 Å². The van der Waals surface area contributed by atoms with Gasteiger partial charge < -0.3 is 10.1 Å². The first-order valence-electron chi connectivity index (χ1n) is 5.84. The molecule has 0 radical (unpaired) electrons. The highest BCUT2D eigenvalue weighted by atomic mass is 32.2. The van der Waals surface area contributed by atoms with Gasteiger partial charge in [-0.2, -0.15) is 0 Å². The van der Waals surface area contributed by atoms with Crippen LogP contribution in [0.2, 0.25) is 0 Å². The zero-order chi connectivity index (χ0) is 12.5. The number of amides is 1. The van der Waals surface area contributed by atoms with Crippen molar-refractivity contribution in [3.8, 4) is 0 Å². The van der Waals surface area contributed by atoms with Crippen LogP contribution in [-0.4, -0.2) is 56.7 Å². The number of carbonyl (C=O) groups excluding carboxylic acids is 1. The summed E-state index contributed by atoms with van der Waals surface area (Å²) in [7, 11) is -3.14. The van der Waals surface area contributed by atoms with Crippen molar-refractivity contribution in [2.24, 2.45) is 0 Å². The average Bonchev–Trinajstić information content (AvgIpc) is 2.85. The second-order valence-electron chi connectivity index (χ2n) is 4.62. The van der Waals surface area contributed by atoms with Crippen LogP contribution in [0.3, 0.4) is 0 Å². The predicted octanol–water partition coefficient (Wildman–Crippen LogP) is -0.684. The number of sulfonamides is 1. The molecule has 98 valence electrons. The minimum atomic E-state index is -3.14. The van der Waals surface area contributed by atoms with Crippen molar-refractivity contribution in [2.45, 2.75) is 31.4 Å². The molecule has 1 amide bonds. The molecule has 0 aromatic carbocycles. The Hall–Kier alpha value is -0.660. The fourth-order valence-electron chi connectivity index (χ4n) is 2.23. The molecule has 2 aliphatic heterocycles. The lowest BCUT2D eigenvalue weighted by Gasteiger charge is -2.16. The number of hydrogen-bond acceptors (Lipinski definition) is 4. The van der Waals surface area contributed by atoms with Crippen LogP contribution in [0, 0.1) is 0 Å². The SMILES string of the molecule is CS(=O)(=O)N1CCC(NC(=O)C2CCCO2)C1. The number of carbonyl (C=O) groups is 1. The van der Waals surface area contributed by atoms with Crippen LogP contribution in [0.1, 0.15) is 19.3 Å². The second-order valence-corrected chi connectivity index (χ2v) is 6.60. The maximum Gasteiger partial charge on any atom is 0.249 e. The summed E-state index contributed by atoms with van der Waals surface area (Å²) in [5.74, 6) is -0.108. The zero-order valence-corrected chi connectivity index (χ0v) is 10.7. The molecule has 2 rings (SSSR count). The van der Waals surface area contributed by atoms with Gasteiger partial charge in [-0.3, -0.25) is 4.79 Å². The maximum absolute atomic E-state index is 11.8. The maximum atomic E-state index is 11.8. The van der Waals surface area contributed by atoms with E-state index in [0.29, 0.717) is 26.1 Å². The highest BCUT2D eigenvalue weighted by molar-refractivity contribution is 7.88. The van der Waals surface area contributed by atoms with E-state index in [2.05, 4.69) is 5.32 Å². The van der Waals surface area contributed by atoms with Crippen LogP contribution in [0.5, 0.6) is 0 Å². The lowest BCUT2D eigenvalue weighted by Crippen LogP contribution is -2.43. The fourth-order valence-corrected chi connectivity index (χ4v) is 3.11. The van der Waals surface area contributed by atoms with Gasteiger partial charge in [0, 0.05) is 25.7 Å². The zero-order valence-electron chi connectivity index (χ0n) is 9.89. The molecule has 2 atom stereocenters. The van der Waals surface area contributed by atoms with Gasteiger partial charge in [0.2, 0.25) is 15.9 Å². The first kappa shape index (κ1) is 12.8. The monoisotopic (exact) mass is 262 g/mol. The lowest BCUT2D eigenvalue weighted by atomic mass is 10.2. The Kier molecular flexibility index (Phi) is 3.70. The smallest absolute Gasteiger partial charge is 0.249 e. The van der Waals surface area contributed by atoms with Gasteiger partial charge in [0.15, 0.2) is 0 Å². The van der Waals surface area contributed by atoms with Crippen molar-refractivity contribution in [2.75, 3.05) is 26.0 Å². The molecule has 2 unspecified atom stereocenters. The largest absolute Gasteiger partial charge is 0.368 e. The van der Waals surface area contributed by atoms with Gasteiger partial charge >= 0.3 is 0 Å². The first-order valence-corrected chi connectivity index (χ1v) is 7.69. The van der Waals surface area contributed by atoms with E-state index >= 15 is 0 Å². The summed E-state index contributed by atoms with van der Waals surface area (Å²) in [6.45, 7) is 1.49. The van der Waals surface area contributed by atoms with E-state index in [1.54, 1.807) is 0 Å². The fraction of sp³-hybridized carbons (Fsp3) is 0.900. The standard InChI is InChI=1S/C10H18N2O4S/c1-17(14,15)12-5-4-8(7-12)11-10(13)9-3-2-6-16-9/h8-9H,2-7H2,1H3,(H,11,13). The first-order chi connectivity index (χ1) is 7.97. The summed E-state index contributed by atoms with van der Waals surface area (Å²) in [5, 5.41) is 2.85. The Bertz CT molecular complexity index is 389. The average molecular weight is 262 g/mol. The molecular formula is C10H18N2O4S. The molecule has 2 fully saturated rings. The van der Waals surface area contributed by atoms with Gasteiger partial charge in [-0.05, 0) is 19.3 Å². The number of rotatable bonds is 3. The van der Waals surface area contributed by atoms with Crippen LogP contribution >= 0.6 is 0 Å². The molecule has 1 N–H and O–H groups in total. The molecule has 0 spiro atoms. The summed E-state index contributed by atoms with van der Waals surface area (Å²) in [6, 6.07) is -0.0820. The van der Waals surface area contributed by atoms with E-state index < -0.39 is 10.0 Å². The van der Waals surface area contributed by atoms with Crippen LogP contribution in [0.25, 0.3) is 0 Å². The third kappa shape index (κ3) is 3.17. The van der Waals surface area contributed by atoms with Crippen molar-refractivity contribution in [3.63, 3.8) is 0 Å². The number of hydrogen-bond donors (Lipinski definition) is 1. The van der Waals surface area contributed by atoms with Crippen LogP contribution < -0.4 is 5.32 Å². The lowest BCUT2D eigenvalue weighted by molar-refractivity contribution is -0.130. The molecule has 2 heterocycles. The summed E-state index contributed by atoms with van der Waals surface area (Å²) in [5.41, 5.74) is 0. The Morgan fingerprint density at radius 3 is 2.71 bits per heavy atom. The van der Waals surface area contributed by atoms with E-state index in [1.807, 2.05) is 0 Å². The van der Waals surface area contributed by atoms with Crippen molar-refractivity contribution in [1.82, 2.24) is 9.62 Å². The Labute approximate surface area is 101 Å². The molecule has 0 aromatic rings. The quantitative estimate of drug-likeness (QED) is 0.731. The molecule has 17 heavy (non-hydrogen) atoms. The Morgan fingerprint density at radius 1 is 1.41 bits per heavy atom. The Balaban J connectivity index is 1.83.